The Labute approximate surface area is 162 Å². The Morgan fingerprint density at radius 2 is 2.07 bits per heavy atom. The standard InChI is InChI=1S/C20H24N6S/c1-13-7-8-15-16(11-13)27-20(25-15)26-19-17(21)18(23-12-24-19)22-10-9-14-5-3-2-4-6-14/h5,7-8,11-12H,2-4,6,9-10,21H2,1H3,(H2,22,23,24,25,26). The predicted octanol–water partition coefficient (Wildman–Crippen LogP) is 5.02. The quantitative estimate of drug-likeness (QED) is 0.520. The average molecular weight is 381 g/mol. The molecule has 0 bridgehead atoms. The van der Waals surface area contributed by atoms with Crippen LogP contribution in [0.15, 0.2) is 36.2 Å². The van der Waals surface area contributed by atoms with Gasteiger partial charge in [-0.3, -0.25) is 0 Å². The Morgan fingerprint density at radius 3 is 2.93 bits per heavy atom. The van der Waals surface area contributed by atoms with E-state index < -0.39 is 0 Å². The molecule has 1 aliphatic carbocycles. The molecule has 0 spiro atoms. The lowest BCUT2D eigenvalue weighted by atomic mass is 9.97. The van der Waals surface area contributed by atoms with Crippen molar-refractivity contribution in [3.8, 4) is 0 Å². The third kappa shape index (κ3) is 4.19. The first kappa shape index (κ1) is 17.7. The number of thiazole rings is 1. The number of allylic oxidation sites excluding steroid dienone is 1. The number of rotatable bonds is 6. The minimum Gasteiger partial charge on any atom is -0.393 e. The molecule has 2 aromatic heterocycles. The zero-order valence-electron chi connectivity index (χ0n) is 15.5. The highest BCUT2D eigenvalue weighted by molar-refractivity contribution is 7.22. The molecule has 2 heterocycles. The summed E-state index contributed by atoms with van der Waals surface area (Å²) in [6.45, 7) is 2.91. The Balaban J connectivity index is 1.45. The SMILES string of the molecule is Cc1ccc2nc(Nc3ncnc(NCCC4=CCCCC4)c3N)sc2c1. The first-order valence-electron chi connectivity index (χ1n) is 9.35. The molecule has 0 saturated heterocycles. The van der Waals surface area contributed by atoms with Gasteiger partial charge in [0, 0.05) is 6.54 Å². The van der Waals surface area contributed by atoms with E-state index in [1.165, 1.54) is 43.1 Å². The number of nitrogen functional groups attached to an aromatic ring is 1. The van der Waals surface area contributed by atoms with E-state index in [0.717, 1.165) is 28.3 Å². The van der Waals surface area contributed by atoms with Crippen molar-refractivity contribution in [3.05, 3.63) is 41.7 Å². The largest absolute Gasteiger partial charge is 0.393 e. The molecule has 0 atom stereocenters. The molecule has 0 aliphatic heterocycles. The topological polar surface area (TPSA) is 88.8 Å². The summed E-state index contributed by atoms with van der Waals surface area (Å²) in [6, 6.07) is 6.23. The molecule has 7 heteroatoms. The molecule has 0 unspecified atom stereocenters. The second kappa shape index (κ2) is 7.92. The van der Waals surface area contributed by atoms with Crippen molar-refractivity contribution < 1.29 is 0 Å². The fourth-order valence-electron chi connectivity index (χ4n) is 3.30. The van der Waals surface area contributed by atoms with Crippen molar-refractivity contribution in [1.29, 1.82) is 0 Å². The van der Waals surface area contributed by atoms with Gasteiger partial charge in [-0.25, -0.2) is 15.0 Å². The molecular formula is C20H24N6S. The van der Waals surface area contributed by atoms with Crippen LogP contribution in [0.1, 0.15) is 37.7 Å². The molecule has 1 aliphatic rings. The van der Waals surface area contributed by atoms with Gasteiger partial charge in [0.1, 0.15) is 12.0 Å². The average Bonchev–Trinajstić information content (AvgIpc) is 3.07. The lowest BCUT2D eigenvalue weighted by molar-refractivity contribution is 0.679. The van der Waals surface area contributed by atoms with Gasteiger partial charge in [0.25, 0.3) is 0 Å². The number of nitrogens with zero attached hydrogens (tertiary/aromatic N) is 3. The van der Waals surface area contributed by atoms with E-state index in [1.807, 2.05) is 6.07 Å². The summed E-state index contributed by atoms with van der Waals surface area (Å²) in [5.74, 6) is 1.25. The van der Waals surface area contributed by atoms with E-state index in [1.54, 1.807) is 11.3 Å². The third-order valence-electron chi connectivity index (χ3n) is 4.78. The molecule has 0 fully saturated rings. The number of fused-ring (bicyclic) bond motifs is 1. The summed E-state index contributed by atoms with van der Waals surface area (Å²) in [4.78, 5) is 13.2. The van der Waals surface area contributed by atoms with Crippen molar-refractivity contribution >= 4 is 44.0 Å². The van der Waals surface area contributed by atoms with Crippen molar-refractivity contribution in [2.24, 2.45) is 0 Å². The number of hydrogen-bond donors (Lipinski definition) is 3. The van der Waals surface area contributed by atoms with Crippen molar-refractivity contribution in [2.45, 2.75) is 39.0 Å². The minimum absolute atomic E-state index is 0.519. The maximum absolute atomic E-state index is 6.28. The van der Waals surface area contributed by atoms with Crippen LogP contribution in [-0.4, -0.2) is 21.5 Å². The number of aromatic nitrogens is 3. The lowest BCUT2D eigenvalue weighted by Crippen LogP contribution is -2.10. The highest BCUT2D eigenvalue weighted by atomic mass is 32.1. The molecule has 4 N–H and O–H groups in total. The number of anilines is 4. The van der Waals surface area contributed by atoms with Gasteiger partial charge < -0.3 is 16.4 Å². The lowest BCUT2D eigenvalue weighted by Gasteiger charge is -2.14. The monoisotopic (exact) mass is 380 g/mol. The van der Waals surface area contributed by atoms with E-state index in [-0.39, 0.29) is 0 Å². The molecule has 3 aromatic rings. The summed E-state index contributed by atoms with van der Waals surface area (Å²) in [5.41, 5.74) is 10.5. The third-order valence-corrected chi connectivity index (χ3v) is 5.71. The molecule has 4 rings (SSSR count). The Hall–Kier alpha value is -2.67. The predicted molar refractivity (Wildman–Crippen MR) is 114 cm³/mol. The van der Waals surface area contributed by atoms with Crippen molar-refractivity contribution in [1.82, 2.24) is 15.0 Å². The number of benzene rings is 1. The highest BCUT2D eigenvalue weighted by Crippen LogP contribution is 2.31. The van der Waals surface area contributed by atoms with Crippen LogP contribution in [0.3, 0.4) is 0 Å². The van der Waals surface area contributed by atoms with E-state index in [2.05, 4.69) is 50.7 Å². The van der Waals surface area contributed by atoms with E-state index >= 15 is 0 Å². The molecular weight excluding hydrogens is 356 g/mol. The van der Waals surface area contributed by atoms with E-state index in [4.69, 9.17) is 5.73 Å². The number of nitrogens with one attached hydrogen (secondary N) is 2. The van der Waals surface area contributed by atoms with E-state index in [9.17, 15) is 0 Å². The number of aryl methyl sites for hydroxylation is 1. The van der Waals surface area contributed by atoms with Gasteiger partial charge in [-0.05, 0) is 56.7 Å². The van der Waals surface area contributed by atoms with Crippen LogP contribution in [0.2, 0.25) is 0 Å². The smallest absolute Gasteiger partial charge is 0.189 e. The zero-order valence-corrected chi connectivity index (χ0v) is 16.3. The van der Waals surface area contributed by atoms with Crippen LogP contribution < -0.4 is 16.4 Å². The summed E-state index contributed by atoms with van der Waals surface area (Å²) >= 11 is 1.59. The molecule has 0 amide bonds. The van der Waals surface area contributed by atoms with Crippen LogP contribution in [0, 0.1) is 6.92 Å². The van der Waals surface area contributed by atoms with Crippen LogP contribution in [-0.2, 0) is 0 Å². The fourth-order valence-corrected chi connectivity index (χ4v) is 4.26. The van der Waals surface area contributed by atoms with Gasteiger partial charge in [-0.2, -0.15) is 0 Å². The highest BCUT2D eigenvalue weighted by Gasteiger charge is 2.11. The maximum atomic E-state index is 6.28. The second-order valence-electron chi connectivity index (χ2n) is 6.88. The van der Waals surface area contributed by atoms with Gasteiger partial charge in [-0.1, -0.05) is 29.1 Å². The van der Waals surface area contributed by atoms with Gasteiger partial charge in [0.2, 0.25) is 0 Å². The normalized spacial score (nSPS) is 14.2. The van der Waals surface area contributed by atoms with Crippen LogP contribution in [0.25, 0.3) is 10.2 Å². The summed E-state index contributed by atoms with van der Waals surface area (Å²) in [5, 5.41) is 7.36. The Morgan fingerprint density at radius 1 is 1.19 bits per heavy atom. The van der Waals surface area contributed by atoms with Gasteiger partial charge >= 0.3 is 0 Å². The Kier molecular flexibility index (Phi) is 5.20. The van der Waals surface area contributed by atoms with Crippen molar-refractivity contribution in [2.75, 3.05) is 22.9 Å². The number of nitrogens with two attached hydrogens (primary N) is 1. The molecule has 140 valence electrons. The van der Waals surface area contributed by atoms with Gasteiger partial charge in [0.15, 0.2) is 16.8 Å². The van der Waals surface area contributed by atoms with Crippen LogP contribution in [0.4, 0.5) is 22.5 Å². The first-order valence-corrected chi connectivity index (χ1v) is 10.2. The summed E-state index contributed by atoms with van der Waals surface area (Å²) < 4.78 is 1.14. The van der Waals surface area contributed by atoms with Gasteiger partial charge in [0.05, 0.1) is 10.2 Å². The Bertz CT molecular complexity index is 978. The summed E-state index contributed by atoms with van der Waals surface area (Å²) in [6.07, 6.45) is 9.97. The van der Waals surface area contributed by atoms with Crippen molar-refractivity contribution in [3.63, 3.8) is 0 Å². The van der Waals surface area contributed by atoms with Gasteiger partial charge in [-0.15, -0.1) is 0 Å². The van der Waals surface area contributed by atoms with E-state index in [0.29, 0.717) is 17.3 Å². The molecule has 1 aromatic carbocycles. The maximum Gasteiger partial charge on any atom is 0.189 e. The molecule has 6 nitrogen and oxygen atoms in total. The molecule has 0 radical (unpaired) electrons. The van der Waals surface area contributed by atoms with Crippen LogP contribution in [0.5, 0.6) is 0 Å². The fraction of sp³-hybridized carbons (Fsp3) is 0.350. The minimum atomic E-state index is 0.519. The van der Waals surface area contributed by atoms with Crippen LogP contribution >= 0.6 is 11.3 Å². The zero-order chi connectivity index (χ0) is 18.6. The summed E-state index contributed by atoms with van der Waals surface area (Å²) in [7, 11) is 0. The molecule has 27 heavy (non-hydrogen) atoms. The first-order chi connectivity index (χ1) is 13.2. The number of hydrogen-bond acceptors (Lipinski definition) is 7. The molecule has 0 saturated carbocycles. The second-order valence-corrected chi connectivity index (χ2v) is 7.92.